The number of rotatable bonds is 5. The van der Waals surface area contributed by atoms with Gasteiger partial charge >= 0.3 is 0 Å². The molecular weight excluding hydrogens is 240 g/mol. The van der Waals surface area contributed by atoms with E-state index in [4.69, 9.17) is 5.53 Å². The van der Waals surface area contributed by atoms with Gasteiger partial charge in [0.1, 0.15) is 6.10 Å². The Morgan fingerprint density at radius 1 is 1.47 bits per heavy atom. The molecule has 0 saturated carbocycles. The van der Waals surface area contributed by atoms with Crippen molar-refractivity contribution in [3.63, 3.8) is 0 Å². The van der Waals surface area contributed by atoms with Crippen LogP contribution in [-0.4, -0.2) is 28.0 Å². The van der Waals surface area contributed by atoms with Gasteiger partial charge in [-0.1, -0.05) is 17.2 Å². The van der Waals surface area contributed by atoms with E-state index in [1.807, 2.05) is 0 Å². The molecule has 0 aliphatic carbocycles. The summed E-state index contributed by atoms with van der Waals surface area (Å²) in [4.78, 5) is 6.27. The predicted octanol–water partition coefficient (Wildman–Crippen LogP) is 2.13. The van der Waals surface area contributed by atoms with Gasteiger partial charge in [-0.3, -0.25) is 0 Å². The first-order chi connectivity index (χ1) is 8.19. The number of thiocarbonyl (C=S) groups is 1. The summed E-state index contributed by atoms with van der Waals surface area (Å²) >= 11 is 4.47. The molecule has 0 spiro atoms. The first kappa shape index (κ1) is 13.3. The third kappa shape index (κ3) is 3.96. The zero-order valence-corrected chi connectivity index (χ0v) is 9.58. The molecule has 1 rings (SSSR count). The highest BCUT2D eigenvalue weighted by Crippen LogP contribution is 2.22. The van der Waals surface area contributed by atoms with Gasteiger partial charge < -0.3 is 10.2 Å². The van der Waals surface area contributed by atoms with Gasteiger partial charge in [0.25, 0.3) is 0 Å². The van der Waals surface area contributed by atoms with Crippen molar-refractivity contribution in [3.05, 3.63) is 40.3 Å². The quantitative estimate of drug-likeness (QED) is 0.275. The number of aliphatic hydroxyl groups excluding tert-OH is 2. The summed E-state index contributed by atoms with van der Waals surface area (Å²) in [6.07, 6.45) is -2.29. The third-order valence-electron chi connectivity index (χ3n) is 2.08. The second kappa shape index (κ2) is 6.75. The molecule has 0 bridgehead atoms. The van der Waals surface area contributed by atoms with Crippen molar-refractivity contribution in [2.45, 2.75) is 12.2 Å². The Hall–Kier alpha value is -1.75. The van der Waals surface area contributed by atoms with Crippen LogP contribution in [0.15, 0.2) is 34.4 Å². The molecule has 0 heterocycles. The molecule has 0 aromatic heterocycles. The highest BCUT2D eigenvalue weighted by atomic mass is 32.1. The van der Waals surface area contributed by atoms with Crippen molar-refractivity contribution < 1.29 is 10.2 Å². The van der Waals surface area contributed by atoms with E-state index in [0.717, 1.165) is 0 Å². The predicted molar refractivity (Wildman–Crippen MR) is 66.1 cm³/mol. The minimum Gasteiger partial charge on any atom is -0.390 e. The third-order valence-corrected chi connectivity index (χ3v) is 2.17. The summed E-state index contributed by atoms with van der Waals surface area (Å²) in [6.45, 7) is -0.196. The van der Waals surface area contributed by atoms with Crippen LogP contribution in [0.5, 0.6) is 0 Å². The number of hydrogen-bond acceptors (Lipinski definition) is 5. The molecule has 0 aliphatic rings. The first-order valence-electron chi connectivity index (χ1n) is 4.74. The fourth-order valence-corrected chi connectivity index (χ4v) is 1.38. The van der Waals surface area contributed by atoms with Gasteiger partial charge in [-0.25, -0.2) is 0 Å². The molecule has 2 atom stereocenters. The van der Waals surface area contributed by atoms with Gasteiger partial charge in [-0.05, 0) is 35.4 Å². The van der Waals surface area contributed by atoms with Crippen LogP contribution in [-0.2, 0) is 0 Å². The number of hydrogen-bond donors (Lipinski definition) is 2. The Bertz CT molecular complexity index is 481. The standard InChI is InChI=1S/C10H10N4O2S/c11-14-13-5-9(15)10(16)7-2-1-3-8(4-7)12-6-17/h1-4,9-10,15-16H,5H2. The maximum absolute atomic E-state index is 9.79. The van der Waals surface area contributed by atoms with Gasteiger partial charge in [0.2, 0.25) is 0 Å². The molecule has 17 heavy (non-hydrogen) atoms. The monoisotopic (exact) mass is 250 g/mol. The van der Waals surface area contributed by atoms with Crippen LogP contribution in [0.3, 0.4) is 0 Å². The second-order valence-electron chi connectivity index (χ2n) is 3.22. The Morgan fingerprint density at radius 2 is 2.24 bits per heavy atom. The molecule has 0 saturated heterocycles. The number of aliphatic imine (C=N–C) groups is 1. The van der Waals surface area contributed by atoms with Crippen LogP contribution in [0.2, 0.25) is 0 Å². The maximum atomic E-state index is 9.79. The summed E-state index contributed by atoms with van der Waals surface area (Å²) in [5, 5.41) is 24.7. The lowest BCUT2D eigenvalue weighted by atomic mass is 10.0. The van der Waals surface area contributed by atoms with Crippen LogP contribution in [0.1, 0.15) is 11.7 Å². The zero-order valence-electron chi connectivity index (χ0n) is 8.76. The van der Waals surface area contributed by atoms with Crippen molar-refractivity contribution in [1.82, 2.24) is 0 Å². The van der Waals surface area contributed by atoms with E-state index < -0.39 is 12.2 Å². The summed E-state index contributed by atoms with van der Waals surface area (Å²) in [5.41, 5.74) is 9.12. The number of isothiocyanates is 1. The van der Waals surface area contributed by atoms with Crippen molar-refractivity contribution in [3.8, 4) is 0 Å². The van der Waals surface area contributed by atoms with Crippen molar-refractivity contribution in [1.29, 1.82) is 0 Å². The Morgan fingerprint density at radius 3 is 2.88 bits per heavy atom. The van der Waals surface area contributed by atoms with Crippen LogP contribution in [0.25, 0.3) is 10.4 Å². The molecule has 1 aromatic carbocycles. The number of benzene rings is 1. The normalized spacial score (nSPS) is 13.1. The molecule has 0 amide bonds. The molecule has 0 radical (unpaired) electrons. The van der Waals surface area contributed by atoms with E-state index in [2.05, 4.69) is 32.4 Å². The molecule has 0 aliphatic heterocycles. The summed E-state index contributed by atoms with van der Waals surface area (Å²) < 4.78 is 0. The molecule has 88 valence electrons. The van der Waals surface area contributed by atoms with Crippen LogP contribution < -0.4 is 0 Å². The van der Waals surface area contributed by atoms with Gasteiger partial charge in [0.15, 0.2) is 0 Å². The van der Waals surface area contributed by atoms with Gasteiger partial charge in [0, 0.05) is 4.91 Å². The van der Waals surface area contributed by atoms with Crippen molar-refractivity contribution >= 4 is 23.1 Å². The first-order valence-corrected chi connectivity index (χ1v) is 5.14. The minimum atomic E-state index is -1.15. The lowest BCUT2D eigenvalue weighted by molar-refractivity contribution is 0.0244. The van der Waals surface area contributed by atoms with E-state index in [-0.39, 0.29) is 6.54 Å². The summed E-state index contributed by atoms with van der Waals surface area (Å²) in [7, 11) is 0. The maximum Gasteiger partial charge on any atom is 0.105 e. The van der Waals surface area contributed by atoms with Gasteiger partial charge in [0.05, 0.1) is 23.5 Å². The smallest absolute Gasteiger partial charge is 0.105 e. The SMILES string of the molecule is [N-]=[N+]=NCC(O)C(O)c1cccc(N=C=S)c1. The average Bonchev–Trinajstić information content (AvgIpc) is 2.35. The van der Waals surface area contributed by atoms with Crippen molar-refractivity contribution in [2.24, 2.45) is 10.1 Å². The van der Waals surface area contributed by atoms with Crippen LogP contribution in [0, 0.1) is 0 Å². The number of aliphatic hydroxyl groups is 2. The van der Waals surface area contributed by atoms with E-state index in [1.54, 1.807) is 24.3 Å². The molecule has 7 heteroatoms. The molecule has 2 N–H and O–H groups in total. The molecule has 1 aromatic rings. The second-order valence-corrected chi connectivity index (χ2v) is 3.41. The Labute approximate surface area is 103 Å². The lowest BCUT2D eigenvalue weighted by Crippen LogP contribution is -2.20. The average molecular weight is 250 g/mol. The number of nitrogens with zero attached hydrogens (tertiary/aromatic N) is 4. The fourth-order valence-electron chi connectivity index (χ4n) is 1.27. The van der Waals surface area contributed by atoms with E-state index in [1.165, 1.54) is 0 Å². The van der Waals surface area contributed by atoms with E-state index in [0.29, 0.717) is 11.3 Å². The van der Waals surface area contributed by atoms with Gasteiger partial charge in [-0.2, -0.15) is 4.99 Å². The molecule has 6 nitrogen and oxygen atoms in total. The van der Waals surface area contributed by atoms with Crippen LogP contribution in [0.4, 0.5) is 5.69 Å². The van der Waals surface area contributed by atoms with Crippen LogP contribution >= 0.6 is 12.2 Å². The highest BCUT2D eigenvalue weighted by molar-refractivity contribution is 7.78. The largest absolute Gasteiger partial charge is 0.390 e. The van der Waals surface area contributed by atoms with E-state index in [9.17, 15) is 10.2 Å². The Kier molecular flexibility index (Phi) is 5.29. The topological polar surface area (TPSA) is 102 Å². The minimum absolute atomic E-state index is 0.196. The lowest BCUT2D eigenvalue weighted by Gasteiger charge is -2.16. The Balaban J connectivity index is 2.87. The zero-order chi connectivity index (χ0) is 12.7. The summed E-state index contributed by atoms with van der Waals surface area (Å²) in [5.74, 6) is 0. The van der Waals surface area contributed by atoms with Crippen molar-refractivity contribution in [2.75, 3.05) is 6.54 Å². The van der Waals surface area contributed by atoms with Gasteiger partial charge in [-0.15, -0.1) is 0 Å². The highest BCUT2D eigenvalue weighted by Gasteiger charge is 2.17. The number of azide groups is 1. The molecular formula is C10H10N4O2S. The summed E-state index contributed by atoms with van der Waals surface area (Å²) in [6, 6.07) is 6.56. The fraction of sp³-hybridized carbons (Fsp3) is 0.300. The molecule has 0 fully saturated rings. The van der Waals surface area contributed by atoms with E-state index >= 15 is 0 Å². The molecule has 2 unspecified atom stereocenters.